The van der Waals surface area contributed by atoms with Gasteiger partial charge in [-0.25, -0.2) is 14.3 Å². The maximum absolute atomic E-state index is 12.4. The monoisotopic (exact) mass is 447 g/mol. The normalized spacial score (nSPS) is 15.0. The number of hydrogen-bond acceptors (Lipinski definition) is 7. The lowest BCUT2D eigenvalue weighted by Gasteiger charge is -2.36. The van der Waals surface area contributed by atoms with Gasteiger partial charge < -0.3 is 4.90 Å². The van der Waals surface area contributed by atoms with Gasteiger partial charge in [0.25, 0.3) is 5.56 Å². The summed E-state index contributed by atoms with van der Waals surface area (Å²) in [5.41, 5.74) is 4.67. The summed E-state index contributed by atoms with van der Waals surface area (Å²) in [6.45, 7) is 12.9. The molecule has 5 heterocycles. The number of rotatable bonds is 5. The standard InChI is InChI=1S/C23H29N9O/c1-16-15-22(32-21(24-16)14-18(3)26-32)29-10-7-28(8-11-29)9-12-30-23(33)6-5-20(27-30)31-19(4)13-17(2)25-31/h5-6,13-15H,7-12H2,1-4H3. The second kappa shape index (κ2) is 8.43. The van der Waals surface area contributed by atoms with Crippen molar-refractivity contribution in [3.05, 3.63) is 63.5 Å². The van der Waals surface area contributed by atoms with Crippen molar-refractivity contribution < 1.29 is 0 Å². The minimum absolute atomic E-state index is 0.0948. The second-order valence-electron chi connectivity index (χ2n) is 8.73. The van der Waals surface area contributed by atoms with Crippen molar-refractivity contribution in [2.75, 3.05) is 37.6 Å². The summed E-state index contributed by atoms with van der Waals surface area (Å²) in [7, 11) is 0. The maximum Gasteiger partial charge on any atom is 0.266 e. The van der Waals surface area contributed by atoms with E-state index in [1.165, 1.54) is 0 Å². The quantitative estimate of drug-likeness (QED) is 0.458. The largest absolute Gasteiger partial charge is 0.354 e. The highest BCUT2D eigenvalue weighted by atomic mass is 16.1. The summed E-state index contributed by atoms with van der Waals surface area (Å²) in [5.74, 6) is 1.75. The van der Waals surface area contributed by atoms with E-state index in [9.17, 15) is 4.79 Å². The Bertz CT molecular complexity index is 1360. The van der Waals surface area contributed by atoms with Gasteiger partial charge in [0.2, 0.25) is 0 Å². The third-order valence-electron chi connectivity index (χ3n) is 6.06. The molecule has 10 nitrogen and oxygen atoms in total. The molecule has 0 saturated carbocycles. The molecule has 1 saturated heterocycles. The SMILES string of the molecule is Cc1cc(N2CCN(CCn3nc(-n4nc(C)cc4C)ccc3=O)CC2)n2nc(C)cc2n1. The van der Waals surface area contributed by atoms with Crippen LogP contribution >= 0.6 is 0 Å². The Labute approximate surface area is 192 Å². The lowest BCUT2D eigenvalue weighted by atomic mass is 10.3. The molecule has 0 unspecified atom stereocenters. The molecule has 0 aliphatic carbocycles. The Hall–Kier alpha value is -3.53. The zero-order valence-corrected chi connectivity index (χ0v) is 19.6. The van der Waals surface area contributed by atoms with E-state index in [1.54, 1.807) is 21.5 Å². The van der Waals surface area contributed by atoms with E-state index in [-0.39, 0.29) is 5.56 Å². The van der Waals surface area contributed by atoms with E-state index in [0.717, 1.165) is 67.0 Å². The maximum atomic E-state index is 12.4. The Kier molecular flexibility index (Phi) is 5.45. The summed E-state index contributed by atoms with van der Waals surface area (Å²) < 4.78 is 5.25. The van der Waals surface area contributed by atoms with Gasteiger partial charge >= 0.3 is 0 Å². The molecule has 1 fully saturated rings. The van der Waals surface area contributed by atoms with Gasteiger partial charge in [-0.05, 0) is 39.8 Å². The minimum atomic E-state index is -0.0948. The summed E-state index contributed by atoms with van der Waals surface area (Å²) in [4.78, 5) is 21.7. The number of fused-ring (bicyclic) bond motifs is 1. The number of hydrogen-bond donors (Lipinski definition) is 0. The number of nitrogens with zero attached hydrogens (tertiary/aromatic N) is 9. The molecule has 0 spiro atoms. The van der Waals surface area contributed by atoms with Crippen LogP contribution in [0.3, 0.4) is 0 Å². The Morgan fingerprint density at radius 3 is 2.30 bits per heavy atom. The van der Waals surface area contributed by atoms with Crippen LogP contribution in [-0.4, -0.2) is 71.8 Å². The molecule has 0 N–H and O–H groups in total. The van der Waals surface area contributed by atoms with Gasteiger partial charge in [0.1, 0.15) is 5.82 Å². The average Bonchev–Trinajstić information content (AvgIpc) is 3.33. The molecule has 0 amide bonds. The highest BCUT2D eigenvalue weighted by molar-refractivity contribution is 5.52. The van der Waals surface area contributed by atoms with E-state index >= 15 is 0 Å². The molecular formula is C23H29N9O. The first kappa shape index (κ1) is 21.3. The number of anilines is 1. The zero-order valence-electron chi connectivity index (χ0n) is 19.6. The molecule has 0 atom stereocenters. The van der Waals surface area contributed by atoms with Crippen LogP contribution < -0.4 is 10.5 Å². The topological polar surface area (TPSA) is 89.4 Å². The first-order valence-corrected chi connectivity index (χ1v) is 11.3. The van der Waals surface area contributed by atoms with Crippen LogP contribution in [0.5, 0.6) is 0 Å². The van der Waals surface area contributed by atoms with Crippen molar-refractivity contribution in [1.29, 1.82) is 0 Å². The number of piperazine rings is 1. The van der Waals surface area contributed by atoms with Crippen LogP contribution in [0.4, 0.5) is 5.82 Å². The predicted octanol–water partition coefficient (Wildman–Crippen LogP) is 1.53. The summed E-state index contributed by atoms with van der Waals surface area (Å²) in [5, 5.41) is 13.7. The highest BCUT2D eigenvalue weighted by Gasteiger charge is 2.20. The summed E-state index contributed by atoms with van der Waals surface area (Å²) >= 11 is 0. The number of aromatic nitrogens is 7. The first-order valence-electron chi connectivity index (χ1n) is 11.3. The van der Waals surface area contributed by atoms with Gasteiger partial charge in [0.15, 0.2) is 11.5 Å². The third-order valence-corrected chi connectivity index (χ3v) is 6.06. The van der Waals surface area contributed by atoms with Gasteiger partial charge in [-0.2, -0.15) is 14.7 Å². The van der Waals surface area contributed by atoms with E-state index in [2.05, 4.69) is 36.1 Å². The van der Waals surface area contributed by atoms with Crippen molar-refractivity contribution in [1.82, 2.24) is 39.1 Å². The van der Waals surface area contributed by atoms with Crippen molar-refractivity contribution in [2.45, 2.75) is 34.2 Å². The summed E-state index contributed by atoms with van der Waals surface area (Å²) in [6.07, 6.45) is 0. The average molecular weight is 448 g/mol. The van der Waals surface area contributed by atoms with Gasteiger partial charge in [-0.15, -0.1) is 5.10 Å². The molecule has 4 aromatic heterocycles. The molecule has 33 heavy (non-hydrogen) atoms. The fourth-order valence-corrected chi connectivity index (χ4v) is 4.43. The van der Waals surface area contributed by atoms with Gasteiger partial charge in [-0.1, -0.05) is 0 Å². The van der Waals surface area contributed by atoms with Crippen molar-refractivity contribution >= 4 is 11.5 Å². The van der Waals surface area contributed by atoms with Gasteiger partial charge in [0.05, 0.1) is 17.9 Å². The molecule has 10 heteroatoms. The molecular weight excluding hydrogens is 418 g/mol. The Balaban J connectivity index is 1.25. The molecule has 0 aromatic carbocycles. The van der Waals surface area contributed by atoms with Gasteiger partial charge in [-0.3, -0.25) is 9.69 Å². The van der Waals surface area contributed by atoms with Crippen molar-refractivity contribution in [3.63, 3.8) is 0 Å². The van der Waals surface area contributed by atoms with Crippen LogP contribution in [0, 0.1) is 27.7 Å². The van der Waals surface area contributed by atoms with Crippen molar-refractivity contribution in [2.24, 2.45) is 0 Å². The predicted molar refractivity (Wildman–Crippen MR) is 126 cm³/mol. The second-order valence-corrected chi connectivity index (χ2v) is 8.73. The van der Waals surface area contributed by atoms with E-state index in [4.69, 9.17) is 0 Å². The molecule has 1 aliphatic heterocycles. The van der Waals surface area contributed by atoms with Crippen molar-refractivity contribution in [3.8, 4) is 5.82 Å². The third kappa shape index (κ3) is 4.25. The van der Waals surface area contributed by atoms with Gasteiger partial charge in [0, 0.05) is 62.3 Å². The van der Waals surface area contributed by atoms with Crippen LogP contribution in [0.25, 0.3) is 11.5 Å². The fourth-order valence-electron chi connectivity index (χ4n) is 4.43. The molecule has 172 valence electrons. The number of aryl methyl sites for hydroxylation is 4. The Morgan fingerprint density at radius 2 is 1.58 bits per heavy atom. The fraction of sp³-hybridized carbons (Fsp3) is 0.435. The molecule has 4 aromatic rings. The van der Waals surface area contributed by atoms with Crippen LogP contribution in [0.1, 0.15) is 22.8 Å². The van der Waals surface area contributed by atoms with E-state index in [0.29, 0.717) is 12.4 Å². The summed E-state index contributed by atoms with van der Waals surface area (Å²) in [6, 6.07) is 9.41. The molecule has 0 bridgehead atoms. The molecule has 1 aliphatic rings. The first-order chi connectivity index (χ1) is 15.9. The lowest BCUT2D eigenvalue weighted by molar-refractivity contribution is 0.242. The lowest BCUT2D eigenvalue weighted by Crippen LogP contribution is -2.48. The smallest absolute Gasteiger partial charge is 0.266 e. The van der Waals surface area contributed by atoms with Crippen LogP contribution in [0.2, 0.25) is 0 Å². The molecule has 0 radical (unpaired) electrons. The zero-order chi connectivity index (χ0) is 23.1. The van der Waals surface area contributed by atoms with E-state index in [1.807, 2.05) is 44.3 Å². The minimum Gasteiger partial charge on any atom is -0.354 e. The highest BCUT2D eigenvalue weighted by Crippen LogP contribution is 2.19. The van der Waals surface area contributed by atoms with Crippen LogP contribution in [-0.2, 0) is 6.54 Å². The van der Waals surface area contributed by atoms with Crippen LogP contribution in [0.15, 0.2) is 35.1 Å². The van der Waals surface area contributed by atoms with E-state index < -0.39 is 0 Å². The molecule has 5 rings (SSSR count). The Morgan fingerprint density at radius 1 is 0.818 bits per heavy atom.